The van der Waals surface area contributed by atoms with E-state index in [0.717, 1.165) is 25.1 Å². The van der Waals surface area contributed by atoms with Crippen LogP contribution in [0.25, 0.3) is 11.3 Å². The topological polar surface area (TPSA) is 37.9 Å². The van der Waals surface area contributed by atoms with Gasteiger partial charge in [-0.05, 0) is 12.0 Å². The first kappa shape index (κ1) is 10.5. The van der Waals surface area contributed by atoms with E-state index in [4.69, 9.17) is 4.74 Å². The van der Waals surface area contributed by atoms with Crippen LogP contribution in [0.2, 0.25) is 0 Å². The molecule has 1 N–H and O–H groups in total. The first-order chi connectivity index (χ1) is 8.38. The van der Waals surface area contributed by atoms with Crippen LogP contribution in [0.15, 0.2) is 24.3 Å². The van der Waals surface area contributed by atoms with Crippen molar-refractivity contribution >= 4 is 0 Å². The predicted molar refractivity (Wildman–Crippen MR) is 66.8 cm³/mol. The summed E-state index contributed by atoms with van der Waals surface area (Å²) in [5.74, 6) is 0. The first-order valence-electron chi connectivity index (χ1n) is 6.11. The van der Waals surface area contributed by atoms with E-state index in [1.54, 1.807) is 0 Å². The molecular formula is C14H16N2O. The monoisotopic (exact) mass is 228 g/mol. The van der Waals surface area contributed by atoms with Gasteiger partial charge in [0.05, 0.1) is 18.9 Å². The van der Waals surface area contributed by atoms with Crippen LogP contribution in [0, 0.1) is 0 Å². The average Bonchev–Trinajstić information content (AvgIpc) is 2.83. The van der Waals surface area contributed by atoms with Crippen LogP contribution in [-0.2, 0) is 24.2 Å². The Hall–Kier alpha value is -1.61. The summed E-state index contributed by atoms with van der Waals surface area (Å²) in [6, 6.07) is 8.62. The number of benzene rings is 1. The lowest BCUT2D eigenvalue weighted by molar-refractivity contribution is 0.110. The zero-order valence-corrected chi connectivity index (χ0v) is 9.99. The van der Waals surface area contributed by atoms with Crippen molar-refractivity contribution in [2.45, 2.75) is 26.4 Å². The minimum Gasteiger partial charge on any atom is -0.376 e. The van der Waals surface area contributed by atoms with Crippen molar-refractivity contribution in [2.24, 2.45) is 0 Å². The maximum atomic E-state index is 5.50. The maximum Gasteiger partial charge on any atom is 0.0978 e. The van der Waals surface area contributed by atoms with E-state index in [0.29, 0.717) is 6.61 Å². The number of rotatable bonds is 2. The van der Waals surface area contributed by atoms with Crippen LogP contribution < -0.4 is 0 Å². The quantitative estimate of drug-likeness (QED) is 0.858. The Balaban J connectivity index is 2.00. The highest BCUT2D eigenvalue weighted by Crippen LogP contribution is 2.27. The van der Waals surface area contributed by atoms with Crippen molar-refractivity contribution in [3.8, 4) is 11.3 Å². The minimum atomic E-state index is 0.677. The van der Waals surface area contributed by atoms with Gasteiger partial charge in [-0.3, -0.25) is 5.10 Å². The van der Waals surface area contributed by atoms with E-state index in [1.807, 2.05) is 0 Å². The van der Waals surface area contributed by atoms with Gasteiger partial charge in [-0.2, -0.15) is 5.10 Å². The van der Waals surface area contributed by atoms with Gasteiger partial charge in [-0.1, -0.05) is 31.2 Å². The normalized spacial score (nSPS) is 14.6. The molecule has 0 radical (unpaired) electrons. The molecule has 2 aromatic rings. The summed E-state index contributed by atoms with van der Waals surface area (Å²) in [7, 11) is 0. The highest BCUT2D eigenvalue weighted by molar-refractivity contribution is 5.64. The number of aryl methyl sites for hydroxylation is 1. The Bertz CT molecular complexity index is 514. The summed E-state index contributed by atoms with van der Waals surface area (Å²) in [6.45, 7) is 3.64. The Labute approximate surface area is 101 Å². The molecule has 0 saturated heterocycles. The molecule has 1 aliphatic rings. The molecule has 0 unspecified atom stereocenters. The Morgan fingerprint density at radius 1 is 1.29 bits per heavy atom. The van der Waals surface area contributed by atoms with Crippen molar-refractivity contribution in [3.63, 3.8) is 0 Å². The molecule has 1 aromatic carbocycles. The van der Waals surface area contributed by atoms with Gasteiger partial charge >= 0.3 is 0 Å². The van der Waals surface area contributed by atoms with E-state index in [1.165, 1.54) is 22.4 Å². The highest BCUT2D eigenvalue weighted by Gasteiger charge is 2.17. The van der Waals surface area contributed by atoms with Crippen LogP contribution in [0.5, 0.6) is 0 Å². The maximum absolute atomic E-state index is 5.50. The SMILES string of the molecule is CCc1ccc(-c2n[nH]c3c2COCC3)cc1. The summed E-state index contributed by atoms with van der Waals surface area (Å²) in [5.41, 5.74) is 6.02. The molecule has 3 nitrogen and oxygen atoms in total. The lowest BCUT2D eigenvalue weighted by Gasteiger charge is -2.12. The summed E-state index contributed by atoms with van der Waals surface area (Å²) in [6.07, 6.45) is 2.01. The summed E-state index contributed by atoms with van der Waals surface area (Å²) < 4.78 is 5.50. The molecule has 0 saturated carbocycles. The van der Waals surface area contributed by atoms with Gasteiger partial charge in [0.25, 0.3) is 0 Å². The molecule has 0 atom stereocenters. The second-order valence-electron chi connectivity index (χ2n) is 4.38. The van der Waals surface area contributed by atoms with Crippen LogP contribution in [0.1, 0.15) is 23.7 Å². The molecule has 2 heterocycles. The third-order valence-corrected chi connectivity index (χ3v) is 3.33. The summed E-state index contributed by atoms with van der Waals surface area (Å²) in [5, 5.41) is 7.54. The van der Waals surface area contributed by atoms with Crippen molar-refractivity contribution in [1.29, 1.82) is 0 Å². The van der Waals surface area contributed by atoms with Gasteiger partial charge in [0, 0.05) is 23.2 Å². The molecule has 1 aromatic heterocycles. The van der Waals surface area contributed by atoms with Gasteiger partial charge in [0.1, 0.15) is 0 Å². The number of hydrogen-bond donors (Lipinski definition) is 1. The molecule has 88 valence electrons. The number of H-pyrrole nitrogens is 1. The van der Waals surface area contributed by atoms with E-state index in [-0.39, 0.29) is 0 Å². The predicted octanol–water partition coefficient (Wildman–Crippen LogP) is 2.71. The molecule has 0 bridgehead atoms. The summed E-state index contributed by atoms with van der Waals surface area (Å²) in [4.78, 5) is 0. The molecule has 17 heavy (non-hydrogen) atoms. The van der Waals surface area contributed by atoms with Crippen molar-refractivity contribution in [1.82, 2.24) is 10.2 Å². The fourth-order valence-electron chi connectivity index (χ4n) is 2.25. The number of nitrogens with one attached hydrogen (secondary N) is 1. The second-order valence-corrected chi connectivity index (χ2v) is 4.38. The summed E-state index contributed by atoms with van der Waals surface area (Å²) >= 11 is 0. The average molecular weight is 228 g/mol. The molecule has 3 rings (SSSR count). The van der Waals surface area contributed by atoms with Gasteiger partial charge in [-0.25, -0.2) is 0 Å². The fourth-order valence-corrected chi connectivity index (χ4v) is 2.25. The minimum absolute atomic E-state index is 0.677. The Morgan fingerprint density at radius 2 is 2.12 bits per heavy atom. The van der Waals surface area contributed by atoms with E-state index in [2.05, 4.69) is 41.4 Å². The van der Waals surface area contributed by atoms with Crippen LogP contribution in [0.3, 0.4) is 0 Å². The lowest BCUT2D eigenvalue weighted by atomic mass is 10.0. The number of hydrogen-bond acceptors (Lipinski definition) is 2. The number of aromatic amines is 1. The van der Waals surface area contributed by atoms with Gasteiger partial charge < -0.3 is 4.74 Å². The third kappa shape index (κ3) is 1.87. The first-order valence-corrected chi connectivity index (χ1v) is 6.11. The van der Waals surface area contributed by atoms with E-state index in [9.17, 15) is 0 Å². The van der Waals surface area contributed by atoms with Crippen LogP contribution >= 0.6 is 0 Å². The molecule has 0 aliphatic carbocycles. The second kappa shape index (κ2) is 4.34. The van der Waals surface area contributed by atoms with E-state index >= 15 is 0 Å². The van der Waals surface area contributed by atoms with Crippen LogP contribution in [0.4, 0.5) is 0 Å². The third-order valence-electron chi connectivity index (χ3n) is 3.33. The van der Waals surface area contributed by atoms with Crippen LogP contribution in [-0.4, -0.2) is 16.8 Å². The molecule has 1 aliphatic heterocycles. The Kier molecular flexibility index (Phi) is 2.69. The number of ether oxygens (including phenoxy) is 1. The smallest absolute Gasteiger partial charge is 0.0978 e. The zero-order valence-electron chi connectivity index (χ0n) is 9.99. The van der Waals surface area contributed by atoms with Gasteiger partial charge in [-0.15, -0.1) is 0 Å². The lowest BCUT2D eigenvalue weighted by Crippen LogP contribution is -2.08. The highest BCUT2D eigenvalue weighted by atomic mass is 16.5. The zero-order chi connectivity index (χ0) is 11.7. The van der Waals surface area contributed by atoms with Gasteiger partial charge in [0.2, 0.25) is 0 Å². The van der Waals surface area contributed by atoms with Gasteiger partial charge in [0.15, 0.2) is 0 Å². The number of nitrogens with zero attached hydrogens (tertiary/aromatic N) is 1. The Morgan fingerprint density at radius 3 is 2.88 bits per heavy atom. The molecule has 0 amide bonds. The molecule has 3 heteroatoms. The van der Waals surface area contributed by atoms with Crippen molar-refractivity contribution in [3.05, 3.63) is 41.1 Å². The number of fused-ring (bicyclic) bond motifs is 1. The van der Waals surface area contributed by atoms with Crippen molar-refractivity contribution in [2.75, 3.05) is 6.61 Å². The number of aromatic nitrogens is 2. The molecule has 0 spiro atoms. The standard InChI is InChI=1S/C14H16N2O/c1-2-10-3-5-11(6-4-10)14-12-9-17-8-7-13(12)15-16-14/h3-6H,2,7-9H2,1H3,(H,15,16). The fraction of sp³-hybridized carbons (Fsp3) is 0.357. The van der Waals surface area contributed by atoms with Crippen molar-refractivity contribution < 1.29 is 4.74 Å². The largest absolute Gasteiger partial charge is 0.376 e. The van der Waals surface area contributed by atoms with E-state index < -0.39 is 0 Å². The molecule has 0 fully saturated rings. The molecular weight excluding hydrogens is 212 g/mol.